The molecular formula is C11H10F3NO4S. The number of sulfonamides is 1. The van der Waals surface area contributed by atoms with Crippen molar-refractivity contribution in [2.75, 3.05) is 4.72 Å². The Morgan fingerprint density at radius 3 is 2.05 bits per heavy atom. The van der Waals surface area contributed by atoms with Crippen molar-refractivity contribution in [1.82, 2.24) is 0 Å². The fraction of sp³-hybridized carbons (Fsp3) is 0.364. The fourth-order valence-corrected chi connectivity index (χ4v) is 2.38. The van der Waals surface area contributed by atoms with Crippen LogP contribution in [0.25, 0.3) is 0 Å². The maximum atomic E-state index is 12.2. The van der Waals surface area contributed by atoms with Crippen LogP contribution in [0.5, 0.6) is 0 Å². The summed E-state index contributed by atoms with van der Waals surface area (Å²) < 4.78 is 59.7. The molecule has 0 spiro atoms. The van der Waals surface area contributed by atoms with E-state index < -0.39 is 26.9 Å². The number of alkyl halides is 3. The predicted molar refractivity (Wildman–Crippen MR) is 63.6 cm³/mol. The lowest BCUT2D eigenvalue weighted by Crippen LogP contribution is -2.29. The summed E-state index contributed by atoms with van der Waals surface area (Å²) in [7, 11) is -5.47. The van der Waals surface area contributed by atoms with Gasteiger partial charge >= 0.3 is 21.5 Å². The van der Waals surface area contributed by atoms with Crippen LogP contribution in [0, 0.1) is 0 Å². The third-order valence-electron chi connectivity index (χ3n) is 3.15. The van der Waals surface area contributed by atoms with Gasteiger partial charge in [0, 0.05) is 5.69 Å². The summed E-state index contributed by atoms with van der Waals surface area (Å²) in [5.41, 5.74) is -6.21. The highest BCUT2D eigenvalue weighted by Crippen LogP contribution is 2.48. The Balaban J connectivity index is 2.21. The molecule has 0 saturated heterocycles. The first kappa shape index (κ1) is 14.6. The van der Waals surface area contributed by atoms with Crippen molar-refractivity contribution in [3.63, 3.8) is 0 Å². The van der Waals surface area contributed by atoms with Crippen molar-refractivity contribution >= 4 is 21.7 Å². The zero-order chi connectivity index (χ0) is 15.2. The van der Waals surface area contributed by atoms with E-state index in [0.29, 0.717) is 18.4 Å². The molecule has 0 unspecified atom stereocenters. The standard InChI is InChI=1S/C11H10F3NO4S/c12-11(13,14)20(18,19)15-8-3-1-7(2-4-8)10(5-6-10)9(16)17/h1-4,15H,5-6H2,(H,16,17). The number of carbonyl (C=O) groups is 1. The van der Waals surface area contributed by atoms with Crippen LogP contribution in [-0.4, -0.2) is 25.0 Å². The zero-order valence-corrected chi connectivity index (χ0v) is 10.8. The smallest absolute Gasteiger partial charge is 0.481 e. The molecule has 0 atom stereocenters. The van der Waals surface area contributed by atoms with Crippen LogP contribution >= 0.6 is 0 Å². The molecule has 110 valence electrons. The van der Waals surface area contributed by atoms with Crippen LogP contribution in [0.15, 0.2) is 24.3 Å². The van der Waals surface area contributed by atoms with Gasteiger partial charge in [-0.3, -0.25) is 9.52 Å². The SMILES string of the molecule is O=C(O)C1(c2ccc(NS(=O)(=O)C(F)(F)F)cc2)CC1. The van der Waals surface area contributed by atoms with Crippen LogP contribution in [-0.2, 0) is 20.2 Å². The molecule has 1 aromatic carbocycles. The normalized spacial score (nSPS) is 17.6. The second-order valence-corrected chi connectivity index (χ2v) is 6.19. The number of rotatable bonds is 4. The third kappa shape index (κ3) is 2.45. The van der Waals surface area contributed by atoms with Gasteiger partial charge in [0.1, 0.15) is 0 Å². The zero-order valence-electron chi connectivity index (χ0n) is 9.94. The first-order valence-corrected chi connectivity index (χ1v) is 7.00. The van der Waals surface area contributed by atoms with Crippen LogP contribution in [0.1, 0.15) is 18.4 Å². The summed E-state index contributed by atoms with van der Waals surface area (Å²) in [6, 6.07) is 4.86. The second-order valence-electron chi connectivity index (χ2n) is 4.52. The minimum atomic E-state index is -5.47. The van der Waals surface area contributed by atoms with Crippen LogP contribution in [0.4, 0.5) is 18.9 Å². The molecule has 0 bridgehead atoms. The minimum absolute atomic E-state index is 0.271. The molecule has 9 heteroatoms. The van der Waals surface area contributed by atoms with E-state index in [-0.39, 0.29) is 5.69 Å². The van der Waals surface area contributed by atoms with Crippen molar-refractivity contribution in [3.05, 3.63) is 29.8 Å². The average molecular weight is 309 g/mol. The van der Waals surface area contributed by atoms with Crippen LogP contribution in [0.3, 0.4) is 0 Å². The lowest BCUT2D eigenvalue weighted by molar-refractivity contribution is -0.140. The van der Waals surface area contributed by atoms with Crippen LogP contribution in [0.2, 0.25) is 0 Å². The molecule has 20 heavy (non-hydrogen) atoms. The number of aliphatic carboxylic acids is 1. The van der Waals surface area contributed by atoms with Gasteiger partial charge in [-0.05, 0) is 30.5 Å². The van der Waals surface area contributed by atoms with Gasteiger partial charge < -0.3 is 5.11 Å². The van der Waals surface area contributed by atoms with Crippen LogP contribution < -0.4 is 4.72 Å². The van der Waals surface area contributed by atoms with Gasteiger partial charge in [0.15, 0.2) is 0 Å². The molecule has 0 heterocycles. The Bertz CT molecular complexity index is 633. The molecule has 0 radical (unpaired) electrons. The Morgan fingerprint density at radius 1 is 1.20 bits per heavy atom. The molecule has 2 rings (SSSR count). The molecule has 1 aliphatic carbocycles. The first-order chi connectivity index (χ1) is 9.08. The summed E-state index contributed by atoms with van der Waals surface area (Å²) in [5.74, 6) is -0.999. The second kappa shape index (κ2) is 4.37. The number of hydrogen-bond acceptors (Lipinski definition) is 3. The number of anilines is 1. The lowest BCUT2D eigenvalue weighted by Gasteiger charge is -2.13. The van der Waals surface area contributed by atoms with Gasteiger partial charge in [-0.1, -0.05) is 12.1 Å². The third-order valence-corrected chi connectivity index (χ3v) is 4.27. The van der Waals surface area contributed by atoms with Crippen molar-refractivity contribution < 1.29 is 31.5 Å². The molecule has 5 nitrogen and oxygen atoms in total. The van der Waals surface area contributed by atoms with Crippen molar-refractivity contribution in [2.45, 2.75) is 23.8 Å². The summed E-state index contributed by atoms with van der Waals surface area (Å²) in [5, 5.41) is 9.06. The van der Waals surface area contributed by atoms with Gasteiger partial charge in [-0.25, -0.2) is 0 Å². The van der Waals surface area contributed by atoms with Gasteiger partial charge in [0.05, 0.1) is 5.41 Å². The fourth-order valence-electron chi connectivity index (χ4n) is 1.82. The van der Waals surface area contributed by atoms with Crippen molar-refractivity contribution in [1.29, 1.82) is 0 Å². The number of nitrogens with one attached hydrogen (secondary N) is 1. The summed E-state index contributed by atoms with van der Waals surface area (Å²) in [4.78, 5) is 11.1. The van der Waals surface area contributed by atoms with E-state index in [1.54, 1.807) is 0 Å². The van der Waals surface area contributed by atoms with E-state index in [0.717, 1.165) is 12.1 Å². The monoisotopic (exact) mass is 309 g/mol. The van der Waals surface area contributed by atoms with Gasteiger partial charge in [-0.15, -0.1) is 0 Å². The van der Waals surface area contributed by atoms with Gasteiger partial charge in [0.2, 0.25) is 0 Å². The molecule has 1 aliphatic rings. The van der Waals surface area contributed by atoms with Gasteiger partial charge in [0.25, 0.3) is 0 Å². The van der Waals surface area contributed by atoms with Crippen molar-refractivity contribution in [3.8, 4) is 0 Å². The minimum Gasteiger partial charge on any atom is -0.481 e. The first-order valence-electron chi connectivity index (χ1n) is 5.51. The summed E-state index contributed by atoms with van der Waals surface area (Å²) in [6.45, 7) is 0. The Hall–Kier alpha value is -1.77. The number of benzene rings is 1. The van der Waals surface area contributed by atoms with E-state index in [1.807, 2.05) is 0 Å². The molecule has 2 N–H and O–H groups in total. The number of carboxylic acid groups (broad SMARTS) is 1. The number of hydrogen-bond donors (Lipinski definition) is 2. The number of halogens is 3. The quantitative estimate of drug-likeness (QED) is 0.892. The van der Waals surface area contributed by atoms with E-state index in [9.17, 15) is 26.4 Å². The lowest BCUT2D eigenvalue weighted by atomic mass is 9.96. The molecule has 1 fully saturated rings. The molecule has 0 aromatic heterocycles. The summed E-state index contributed by atoms with van der Waals surface area (Å²) in [6.07, 6.45) is 0.909. The predicted octanol–water partition coefficient (Wildman–Crippen LogP) is 2.06. The molecule has 1 aromatic rings. The molecular weight excluding hydrogens is 299 g/mol. The van der Waals surface area contributed by atoms with Gasteiger partial charge in [-0.2, -0.15) is 21.6 Å². The average Bonchev–Trinajstić information content (AvgIpc) is 3.09. The topological polar surface area (TPSA) is 83.5 Å². The largest absolute Gasteiger partial charge is 0.516 e. The maximum absolute atomic E-state index is 12.2. The highest BCUT2D eigenvalue weighted by Gasteiger charge is 2.51. The Labute approximate surface area is 112 Å². The Kier molecular flexibility index (Phi) is 3.20. The van der Waals surface area contributed by atoms with E-state index in [1.165, 1.54) is 16.9 Å². The Morgan fingerprint density at radius 2 is 1.70 bits per heavy atom. The van der Waals surface area contributed by atoms with E-state index in [4.69, 9.17) is 5.11 Å². The van der Waals surface area contributed by atoms with E-state index >= 15 is 0 Å². The summed E-state index contributed by atoms with van der Waals surface area (Å²) >= 11 is 0. The highest BCUT2D eigenvalue weighted by atomic mass is 32.2. The maximum Gasteiger partial charge on any atom is 0.516 e. The highest BCUT2D eigenvalue weighted by molar-refractivity contribution is 7.93. The number of carboxylic acids is 1. The molecule has 1 saturated carbocycles. The van der Waals surface area contributed by atoms with E-state index in [2.05, 4.69) is 0 Å². The molecule has 0 amide bonds. The molecule has 0 aliphatic heterocycles. The van der Waals surface area contributed by atoms with Crippen molar-refractivity contribution in [2.24, 2.45) is 0 Å².